The maximum Gasteiger partial charge on any atom is 0.172 e. The lowest BCUT2D eigenvalue weighted by Crippen LogP contribution is -2.41. The van der Waals surface area contributed by atoms with Crippen LogP contribution in [0.15, 0.2) is 16.6 Å². The lowest BCUT2D eigenvalue weighted by molar-refractivity contribution is 0.139. The van der Waals surface area contributed by atoms with Crippen LogP contribution in [0.1, 0.15) is 18.4 Å². The first-order chi connectivity index (χ1) is 9.51. The highest BCUT2D eigenvalue weighted by molar-refractivity contribution is 9.10. The number of hydrogen-bond donors (Lipinski definition) is 1. The molecule has 0 aliphatic carbocycles. The number of phenols is 1. The third-order valence-corrected chi connectivity index (χ3v) is 4.66. The fourth-order valence-electron chi connectivity index (χ4n) is 2.73. The van der Waals surface area contributed by atoms with Crippen LogP contribution in [0, 0.1) is 0 Å². The normalized spacial score (nSPS) is 17.6. The van der Waals surface area contributed by atoms with Crippen molar-refractivity contribution in [3.8, 4) is 11.5 Å². The van der Waals surface area contributed by atoms with E-state index in [2.05, 4.69) is 39.8 Å². The molecule has 0 amide bonds. The van der Waals surface area contributed by atoms with E-state index in [0.29, 0.717) is 16.3 Å². The van der Waals surface area contributed by atoms with Crippen LogP contribution in [0.2, 0.25) is 0 Å². The summed E-state index contributed by atoms with van der Waals surface area (Å²) < 4.78 is 5.89. The Balaban J connectivity index is 2.04. The number of likely N-dealkylation sites (tertiary alicyclic amines) is 1. The molecule has 1 aliphatic rings. The molecule has 112 valence electrons. The van der Waals surface area contributed by atoms with Gasteiger partial charge in [-0.15, -0.1) is 0 Å². The summed E-state index contributed by atoms with van der Waals surface area (Å²) >= 11 is 3.38. The molecular weight excluding hydrogens is 320 g/mol. The van der Waals surface area contributed by atoms with Crippen molar-refractivity contribution in [3.63, 3.8) is 0 Å². The molecule has 1 aliphatic heterocycles. The van der Waals surface area contributed by atoms with E-state index in [1.807, 2.05) is 12.1 Å². The number of nitrogens with zero attached hydrogens (tertiary/aromatic N) is 2. The summed E-state index contributed by atoms with van der Waals surface area (Å²) in [5.41, 5.74) is 1.15. The second-order valence-corrected chi connectivity index (χ2v) is 6.43. The Hall–Kier alpha value is -0.780. The number of methoxy groups -OCH3 is 1. The van der Waals surface area contributed by atoms with Crippen molar-refractivity contribution in [3.05, 3.63) is 22.2 Å². The molecule has 1 heterocycles. The Morgan fingerprint density at radius 1 is 1.40 bits per heavy atom. The van der Waals surface area contributed by atoms with Crippen molar-refractivity contribution in [1.82, 2.24) is 9.80 Å². The highest BCUT2D eigenvalue weighted by atomic mass is 79.9. The lowest BCUT2D eigenvalue weighted by Gasteiger charge is -2.35. The molecular formula is C15H23BrN2O2. The van der Waals surface area contributed by atoms with Crippen molar-refractivity contribution in [2.24, 2.45) is 0 Å². The molecule has 0 saturated carbocycles. The van der Waals surface area contributed by atoms with Gasteiger partial charge in [0, 0.05) is 12.6 Å². The van der Waals surface area contributed by atoms with E-state index in [1.54, 1.807) is 7.11 Å². The summed E-state index contributed by atoms with van der Waals surface area (Å²) in [6, 6.07) is 4.50. The summed E-state index contributed by atoms with van der Waals surface area (Å²) in [6.07, 6.45) is 2.42. The van der Waals surface area contributed by atoms with Gasteiger partial charge in [-0.1, -0.05) is 0 Å². The number of halogens is 1. The average Bonchev–Trinajstić information content (AvgIpc) is 2.43. The first-order valence-corrected chi connectivity index (χ1v) is 7.74. The Morgan fingerprint density at radius 2 is 2.05 bits per heavy atom. The predicted octanol–water partition coefficient (Wildman–Crippen LogP) is 2.69. The Labute approximate surface area is 129 Å². The van der Waals surface area contributed by atoms with Crippen molar-refractivity contribution in [2.45, 2.75) is 25.4 Å². The lowest BCUT2D eigenvalue weighted by atomic mass is 10.0. The molecule has 1 aromatic carbocycles. The second kappa shape index (κ2) is 6.78. The standard InChI is InChI=1S/C15H23BrN2O2/c1-17-6-4-12(5-7-17)18(2)10-11-8-13(16)15(19)14(9-11)20-3/h8-9,12,19H,4-7,10H2,1-3H3. The molecule has 0 unspecified atom stereocenters. The Bertz CT molecular complexity index is 459. The van der Waals surface area contributed by atoms with Gasteiger partial charge in [0.1, 0.15) is 0 Å². The zero-order valence-corrected chi connectivity index (χ0v) is 14.0. The molecule has 5 heteroatoms. The molecule has 1 aromatic rings. The summed E-state index contributed by atoms with van der Waals surface area (Å²) in [6.45, 7) is 3.19. The van der Waals surface area contributed by atoms with E-state index in [0.717, 1.165) is 25.2 Å². The van der Waals surface area contributed by atoms with Crippen LogP contribution in [-0.4, -0.2) is 55.2 Å². The smallest absolute Gasteiger partial charge is 0.172 e. The minimum absolute atomic E-state index is 0.165. The molecule has 0 radical (unpaired) electrons. The topological polar surface area (TPSA) is 35.9 Å². The SMILES string of the molecule is COc1cc(CN(C)C2CCN(C)CC2)cc(Br)c1O. The van der Waals surface area contributed by atoms with E-state index >= 15 is 0 Å². The number of aromatic hydroxyl groups is 1. The minimum atomic E-state index is 0.165. The molecule has 20 heavy (non-hydrogen) atoms. The molecule has 0 atom stereocenters. The van der Waals surface area contributed by atoms with E-state index in [4.69, 9.17) is 4.74 Å². The summed E-state index contributed by atoms with van der Waals surface area (Å²) in [4.78, 5) is 4.77. The van der Waals surface area contributed by atoms with Gasteiger partial charge >= 0.3 is 0 Å². The van der Waals surface area contributed by atoms with Crippen molar-refractivity contribution >= 4 is 15.9 Å². The molecule has 1 saturated heterocycles. The summed E-state index contributed by atoms with van der Waals surface area (Å²) in [5, 5.41) is 9.84. The van der Waals surface area contributed by atoms with Crippen LogP contribution in [0.5, 0.6) is 11.5 Å². The van der Waals surface area contributed by atoms with Gasteiger partial charge in [0.15, 0.2) is 11.5 Å². The van der Waals surface area contributed by atoms with Crippen molar-refractivity contribution in [2.75, 3.05) is 34.3 Å². The van der Waals surface area contributed by atoms with Crippen molar-refractivity contribution in [1.29, 1.82) is 0 Å². The van der Waals surface area contributed by atoms with Gasteiger partial charge < -0.3 is 14.7 Å². The second-order valence-electron chi connectivity index (χ2n) is 5.58. The predicted molar refractivity (Wildman–Crippen MR) is 84.3 cm³/mol. The number of benzene rings is 1. The third kappa shape index (κ3) is 3.65. The van der Waals surface area contributed by atoms with Crippen LogP contribution >= 0.6 is 15.9 Å². The quantitative estimate of drug-likeness (QED) is 0.912. The van der Waals surface area contributed by atoms with Crippen LogP contribution in [0.3, 0.4) is 0 Å². The van der Waals surface area contributed by atoms with E-state index < -0.39 is 0 Å². The number of rotatable bonds is 4. The highest BCUT2D eigenvalue weighted by Crippen LogP contribution is 2.35. The minimum Gasteiger partial charge on any atom is -0.503 e. The highest BCUT2D eigenvalue weighted by Gasteiger charge is 2.21. The van der Waals surface area contributed by atoms with Gasteiger partial charge in [-0.2, -0.15) is 0 Å². The zero-order chi connectivity index (χ0) is 14.7. The van der Waals surface area contributed by atoms with Crippen LogP contribution < -0.4 is 4.74 Å². The molecule has 4 nitrogen and oxygen atoms in total. The van der Waals surface area contributed by atoms with Gasteiger partial charge in [-0.05, 0) is 73.7 Å². The molecule has 1 N–H and O–H groups in total. The molecule has 1 fully saturated rings. The first-order valence-electron chi connectivity index (χ1n) is 6.95. The summed E-state index contributed by atoms with van der Waals surface area (Å²) in [5.74, 6) is 0.685. The van der Waals surface area contributed by atoms with Gasteiger partial charge in [-0.25, -0.2) is 0 Å². The maximum atomic E-state index is 9.84. The zero-order valence-electron chi connectivity index (χ0n) is 12.4. The number of ether oxygens (including phenoxy) is 1. The van der Waals surface area contributed by atoms with Crippen LogP contribution in [0.4, 0.5) is 0 Å². The maximum absolute atomic E-state index is 9.84. The monoisotopic (exact) mass is 342 g/mol. The van der Waals surface area contributed by atoms with Crippen LogP contribution in [-0.2, 0) is 6.54 Å². The van der Waals surface area contributed by atoms with E-state index in [1.165, 1.54) is 12.8 Å². The average molecular weight is 343 g/mol. The first kappa shape index (κ1) is 15.6. The fraction of sp³-hybridized carbons (Fsp3) is 0.600. The van der Waals surface area contributed by atoms with E-state index in [9.17, 15) is 5.11 Å². The van der Waals surface area contributed by atoms with Gasteiger partial charge in [-0.3, -0.25) is 4.90 Å². The Morgan fingerprint density at radius 3 is 2.65 bits per heavy atom. The van der Waals surface area contributed by atoms with Crippen molar-refractivity contribution < 1.29 is 9.84 Å². The molecule has 0 spiro atoms. The molecule has 0 bridgehead atoms. The number of phenolic OH excluding ortho intramolecular Hbond substituents is 1. The number of piperidine rings is 1. The van der Waals surface area contributed by atoms with E-state index in [-0.39, 0.29) is 5.75 Å². The Kier molecular flexibility index (Phi) is 5.29. The van der Waals surface area contributed by atoms with Crippen LogP contribution in [0.25, 0.3) is 0 Å². The van der Waals surface area contributed by atoms with Gasteiger partial charge in [0.2, 0.25) is 0 Å². The molecule has 0 aromatic heterocycles. The largest absolute Gasteiger partial charge is 0.503 e. The van der Waals surface area contributed by atoms with Gasteiger partial charge in [0.05, 0.1) is 11.6 Å². The summed E-state index contributed by atoms with van der Waals surface area (Å²) in [7, 11) is 5.92. The molecule has 2 rings (SSSR count). The third-order valence-electron chi connectivity index (χ3n) is 4.05. The van der Waals surface area contributed by atoms with Gasteiger partial charge in [0.25, 0.3) is 0 Å². The number of hydrogen-bond acceptors (Lipinski definition) is 4. The fourth-order valence-corrected chi connectivity index (χ4v) is 3.22.